The number of aliphatic hydroxyl groups is 1. The Balaban J connectivity index is 2.34. The highest BCUT2D eigenvalue weighted by Gasteiger charge is 2.25. The average Bonchev–Trinajstić information content (AvgIpc) is 2.29. The second-order valence-corrected chi connectivity index (χ2v) is 3.60. The number of morpholine rings is 1. The van der Waals surface area contributed by atoms with Crippen molar-refractivity contribution in [2.45, 2.75) is 19.4 Å². The molecule has 0 bridgehead atoms. The van der Waals surface area contributed by atoms with Crippen LogP contribution < -0.4 is 5.32 Å². The monoisotopic (exact) mass is 216 g/mol. The smallest absolute Gasteiger partial charge is 0.224 e. The molecule has 1 saturated heterocycles. The van der Waals surface area contributed by atoms with Crippen molar-refractivity contribution in [3.8, 4) is 0 Å². The molecule has 0 aromatic rings. The first-order valence-corrected chi connectivity index (χ1v) is 5.48. The maximum atomic E-state index is 11.8. The topological polar surface area (TPSA) is 61.8 Å². The molecule has 0 radical (unpaired) electrons. The zero-order valence-electron chi connectivity index (χ0n) is 9.24. The largest absolute Gasteiger partial charge is 0.394 e. The quantitative estimate of drug-likeness (QED) is 0.591. The molecule has 1 atom stereocenters. The predicted octanol–water partition coefficient (Wildman–Crippen LogP) is -0.794. The lowest BCUT2D eigenvalue weighted by atomic mass is 10.2. The summed E-state index contributed by atoms with van der Waals surface area (Å²) < 4.78 is 5.21. The van der Waals surface area contributed by atoms with E-state index in [-0.39, 0.29) is 18.6 Å². The van der Waals surface area contributed by atoms with E-state index >= 15 is 0 Å². The van der Waals surface area contributed by atoms with Gasteiger partial charge in [0.15, 0.2) is 0 Å². The predicted molar refractivity (Wildman–Crippen MR) is 56.6 cm³/mol. The molecule has 0 spiro atoms. The molecular formula is C10H20N2O3. The number of carbonyl (C=O) groups excluding carboxylic acids is 1. The van der Waals surface area contributed by atoms with E-state index in [0.717, 1.165) is 6.54 Å². The molecule has 1 amide bonds. The van der Waals surface area contributed by atoms with Gasteiger partial charge in [0.1, 0.15) is 0 Å². The normalized spacial score (nSPS) is 21.7. The number of aliphatic hydroxyl groups excluding tert-OH is 1. The van der Waals surface area contributed by atoms with Gasteiger partial charge in [0.25, 0.3) is 0 Å². The van der Waals surface area contributed by atoms with Gasteiger partial charge in [-0.05, 0) is 6.54 Å². The molecule has 1 aliphatic heterocycles. The van der Waals surface area contributed by atoms with Gasteiger partial charge in [-0.25, -0.2) is 0 Å². The van der Waals surface area contributed by atoms with Gasteiger partial charge in [-0.1, -0.05) is 6.92 Å². The number of hydrogen-bond acceptors (Lipinski definition) is 4. The Kier molecular flexibility index (Phi) is 5.60. The lowest BCUT2D eigenvalue weighted by Crippen LogP contribution is -2.50. The van der Waals surface area contributed by atoms with Crippen LogP contribution in [0.3, 0.4) is 0 Å². The summed E-state index contributed by atoms with van der Waals surface area (Å²) in [7, 11) is 0. The van der Waals surface area contributed by atoms with Gasteiger partial charge < -0.3 is 20.1 Å². The Bertz CT molecular complexity index is 199. The zero-order valence-corrected chi connectivity index (χ0v) is 9.24. The van der Waals surface area contributed by atoms with Gasteiger partial charge in [-0.3, -0.25) is 4.79 Å². The summed E-state index contributed by atoms with van der Waals surface area (Å²) in [4.78, 5) is 13.5. The van der Waals surface area contributed by atoms with Crippen LogP contribution in [0.2, 0.25) is 0 Å². The molecule has 0 saturated carbocycles. The van der Waals surface area contributed by atoms with E-state index in [1.165, 1.54) is 0 Å². The van der Waals surface area contributed by atoms with Gasteiger partial charge in [0.05, 0.1) is 25.9 Å². The molecule has 0 aromatic carbocycles. The van der Waals surface area contributed by atoms with E-state index < -0.39 is 0 Å². The summed E-state index contributed by atoms with van der Waals surface area (Å²) in [6.07, 6.45) is 0.490. The number of carbonyl (C=O) groups is 1. The number of ether oxygens (including phenoxy) is 1. The molecule has 2 N–H and O–H groups in total. The fourth-order valence-electron chi connectivity index (χ4n) is 1.65. The van der Waals surface area contributed by atoms with Crippen LogP contribution in [0, 0.1) is 0 Å². The molecule has 88 valence electrons. The van der Waals surface area contributed by atoms with Crippen molar-refractivity contribution in [1.82, 2.24) is 10.2 Å². The highest BCUT2D eigenvalue weighted by atomic mass is 16.5. The van der Waals surface area contributed by atoms with E-state index in [9.17, 15) is 4.79 Å². The van der Waals surface area contributed by atoms with E-state index in [1.54, 1.807) is 4.90 Å². The van der Waals surface area contributed by atoms with Gasteiger partial charge >= 0.3 is 0 Å². The zero-order chi connectivity index (χ0) is 11.1. The number of amides is 1. The minimum atomic E-state index is -0.159. The van der Waals surface area contributed by atoms with Crippen molar-refractivity contribution in [2.75, 3.05) is 39.5 Å². The molecule has 1 aliphatic rings. The highest BCUT2D eigenvalue weighted by Crippen LogP contribution is 2.07. The Hall–Kier alpha value is -0.650. The lowest BCUT2D eigenvalue weighted by Gasteiger charge is -2.34. The molecule has 0 aromatic heterocycles. The third-order valence-electron chi connectivity index (χ3n) is 2.52. The second kappa shape index (κ2) is 6.76. The van der Waals surface area contributed by atoms with Crippen LogP contribution in [0.4, 0.5) is 0 Å². The lowest BCUT2D eigenvalue weighted by molar-refractivity contribution is -0.141. The number of rotatable bonds is 5. The third-order valence-corrected chi connectivity index (χ3v) is 2.52. The summed E-state index contributed by atoms with van der Waals surface area (Å²) in [6.45, 7) is 5.18. The maximum Gasteiger partial charge on any atom is 0.224 e. The standard InChI is InChI=1S/C10H20N2O3/c1-2-11-4-3-10(14)12-5-6-15-8-9(12)7-13/h9,11,13H,2-8H2,1H3. The number of nitrogens with zero attached hydrogens (tertiary/aromatic N) is 1. The highest BCUT2D eigenvalue weighted by molar-refractivity contribution is 5.76. The maximum absolute atomic E-state index is 11.8. The molecule has 1 heterocycles. The van der Waals surface area contributed by atoms with Crippen molar-refractivity contribution >= 4 is 5.91 Å². The van der Waals surface area contributed by atoms with Gasteiger partial charge in [-0.2, -0.15) is 0 Å². The van der Waals surface area contributed by atoms with Gasteiger partial charge in [-0.15, -0.1) is 0 Å². The van der Waals surface area contributed by atoms with Crippen LogP contribution >= 0.6 is 0 Å². The van der Waals surface area contributed by atoms with Crippen molar-refractivity contribution in [1.29, 1.82) is 0 Å². The van der Waals surface area contributed by atoms with Crippen LogP contribution in [-0.4, -0.2) is 61.4 Å². The first-order chi connectivity index (χ1) is 7.29. The molecule has 5 nitrogen and oxygen atoms in total. The van der Waals surface area contributed by atoms with E-state index in [2.05, 4.69) is 5.32 Å². The Morgan fingerprint density at radius 1 is 1.67 bits per heavy atom. The summed E-state index contributed by atoms with van der Waals surface area (Å²) in [5.41, 5.74) is 0. The number of hydrogen-bond donors (Lipinski definition) is 2. The van der Waals surface area contributed by atoms with Crippen LogP contribution in [0.25, 0.3) is 0 Å². The third kappa shape index (κ3) is 3.77. The summed E-state index contributed by atoms with van der Waals surface area (Å²) >= 11 is 0. The summed E-state index contributed by atoms with van der Waals surface area (Å²) in [6, 6.07) is -0.159. The van der Waals surface area contributed by atoms with E-state index in [0.29, 0.717) is 32.7 Å². The van der Waals surface area contributed by atoms with Crippen molar-refractivity contribution in [2.24, 2.45) is 0 Å². The average molecular weight is 216 g/mol. The van der Waals surface area contributed by atoms with Crippen LogP contribution in [0.15, 0.2) is 0 Å². The van der Waals surface area contributed by atoms with E-state index in [4.69, 9.17) is 9.84 Å². The SMILES string of the molecule is CCNCCC(=O)N1CCOCC1CO. The molecule has 0 aliphatic carbocycles. The molecular weight excluding hydrogens is 196 g/mol. The fourth-order valence-corrected chi connectivity index (χ4v) is 1.65. The molecule has 5 heteroatoms. The minimum Gasteiger partial charge on any atom is -0.394 e. The number of nitrogens with one attached hydrogen (secondary N) is 1. The van der Waals surface area contributed by atoms with Gasteiger partial charge in [0, 0.05) is 19.5 Å². The Morgan fingerprint density at radius 2 is 2.47 bits per heavy atom. The summed E-state index contributed by atoms with van der Waals surface area (Å²) in [5, 5.41) is 12.2. The Labute approximate surface area is 90.4 Å². The molecule has 1 fully saturated rings. The van der Waals surface area contributed by atoms with Crippen molar-refractivity contribution < 1.29 is 14.6 Å². The first-order valence-electron chi connectivity index (χ1n) is 5.48. The van der Waals surface area contributed by atoms with Gasteiger partial charge in [0.2, 0.25) is 5.91 Å². The molecule has 15 heavy (non-hydrogen) atoms. The fraction of sp³-hybridized carbons (Fsp3) is 0.900. The van der Waals surface area contributed by atoms with Crippen molar-refractivity contribution in [3.05, 3.63) is 0 Å². The van der Waals surface area contributed by atoms with Crippen LogP contribution in [-0.2, 0) is 9.53 Å². The van der Waals surface area contributed by atoms with Crippen LogP contribution in [0.1, 0.15) is 13.3 Å². The summed E-state index contributed by atoms with van der Waals surface area (Å²) in [5.74, 6) is 0.0956. The van der Waals surface area contributed by atoms with E-state index in [1.807, 2.05) is 6.92 Å². The minimum absolute atomic E-state index is 0.0209. The Morgan fingerprint density at radius 3 is 3.13 bits per heavy atom. The van der Waals surface area contributed by atoms with Crippen molar-refractivity contribution in [3.63, 3.8) is 0 Å². The second-order valence-electron chi connectivity index (χ2n) is 3.60. The first kappa shape index (κ1) is 12.4. The van der Waals surface area contributed by atoms with Crippen LogP contribution in [0.5, 0.6) is 0 Å². The molecule has 1 rings (SSSR count). The molecule has 1 unspecified atom stereocenters.